The Balaban J connectivity index is 2.01. The molecular formula is C56H80O4. The van der Waals surface area contributed by atoms with E-state index in [0.717, 1.165) is 143 Å². The number of ether oxygens (including phenoxy) is 4. The van der Waals surface area contributed by atoms with Crippen molar-refractivity contribution in [3.8, 4) is 46.7 Å². The molecule has 0 aromatic heterocycles. The lowest BCUT2D eigenvalue weighted by molar-refractivity contribution is 0.259. The second-order valence-corrected chi connectivity index (χ2v) is 16.8. The molecule has 4 aromatic carbocycles. The van der Waals surface area contributed by atoms with Crippen LogP contribution >= 0.6 is 0 Å². The van der Waals surface area contributed by atoms with Gasteiger partial charge in [-0.25, -0.2) is 0 Å². The number of hydrogen-bond donors (Lipinski definition) is 0. The van der Waals surface area contributed by atoms with Gasteiger partial charge in [0.25, 0.3) is 0 Å². The van der Waals surface area contributed by atoms with Crippen LogP contribution in [-0.4, -0.2) is 26.4 Å². The molecule has 4 heteroatoms. The largest absolute Gasteiger partial charge is 0.490 e. The number of rotatable bonds is 30. The van der Waals surface area contributed by atoms with E-state index in [1.165, 1.54) is 77.0 Å². The van der Waals surface area contributed by atoms with E-state index in [-0.39, 0.29) is 0 Å². The second-order valence-electron chi connectivity index (χ2n) is 16.8. The minimum atomic E-state index is 0.670. The minimum absolute atomic E-state index is 0.670. The molecule has 0 amide bonds. The monoisotopic (exact) mass is 817 g/mol. The molecule has 0 fully saturated rings. The van der Waals surface area contributed by atoms with Crippen LogP contribution in [-0.2, 0) is 0 Å². The molecular weight excluding hydrogens is 737 g/mol. The summed E-state index contributed by atoms with van der Waals surface area (Å²) in [5, 5.41) is 6.84. The topological polar surface area (TPSA) is 36.9 Å². The Hall–Kier alpha value is -4.02. The van der Waals surface area contributed by atoms with Crippen molar-refractivity contribution in [1.82, 2.24) is 0 Å². The van der Waals surface area contributed by atoms with Gasteiger partial charge in [-0.15, -0.1) is 0 Å². The Morgan fingerprint density at radius 1 is 0.300 bits per heavy atom. The summed E-state index contributed by atoms with van der Waals surface area (Å²) in [6.45, 7) is 16.2. The Morgan fingerprint density at radius 2 is 0.550 bits per heavy atom. The molecule has 0 aliphatic carbocycles. The standard InChI is InChI=1S/C56H80O4/c1-7-13-19-25-27-33-45-39-47-48(40-46(45)34-28-26-20-14-8-2)50-42-54(58-36-30-22-16-10-4)56(60-38-32-24-18-12-6)44-52(50)51-43-55(59-37-31-23-17-11-5)53(41-49(47)51)57-35-29-21-15-9-3/h39-44H,7-26,29-32,35-38H2,1-6H3. The van der Waals surface area contributed by atoms with Crippen molar-refractivity contribution in [3.05, 3.63) is 47.5 Å². The zero-order valence-corrected chi connectivity index (χ0v) is 38.9. The van der Waals surface area contributed by atoms with Crippen molar-refractivity contribution < 1.29 is 18.9 Å². The van der Waals surface area contributed by atoms with E-state index in [0.29, 0.717) is 26.4 Å². The zero-order chi connectivity index (χ0) is 42.6. The van der Waals surface area contributed by atoms with Gasteiger partial charge in [0, 0.05) is 24.0 Å². The first-order valence-corrected chi connectivity index (χ1v) is 24.6. The van der Waals surface area contributed by atoms with Crippen molar-refractivity contribution in [3.63, 3.8) is 0 Å². The predicted octanol–water partition coefficient (Wildman–Crippen LogP) is 16.8. The summed E-state index contributed by atoms with van der Waals surface area (Å²) in [7, 11) is 0. The molecule has 0 heterocycles. The van der Waals surface area contributed by atoms with E-state index in [1.54, 1.807) is 0 Å². The molecule has 0 N–H and O–H groups in total. The average Bonchev–Trinajstić information content (AvgIpc) is 3.26. The highest BCUT2D eigenvalue weighted by molar-refractivity contribution is 6.26. The fourth-order valence-electron chi connectivity index (χ4n) is 7.80. The van der Waals surface area contributed by atoms with Crippen molar-refractivity contribution in [1.29, 1.82) is 0 Å². The van der Waals surface area contributed by atoms with E-state index in [9.17, 15) is 0 Å². The Bertz CT molecular complexity index is 1830. The molecule has 4 rings (SSSR count). The maximum absolute atomic E-state index is 6.65. The van der Waals surface area contributed by atoms with Crippen molar-refractivity contribution in [2.45, 2.75) is 196 Å². The first-order valence-electron chi connectivity index (χ1n) is 24.6. The summed E-state index contributed by atoms with van der Waals surface area (Å²) >= 11 is 0. The first kappa shape index (κ1) is 48.6. The van der Waals surface area contributed by atoms with Crippen molar-refractivity contribution in [2.24, 2.45) is 0 Å². The van der Waals surface area contributed by atoms with Crippen LogP contribution in [0.4, 0.5) is 0 Å². The first-order chi connectivity index (χ1) is 29.6. The van der Waals surface area contributed by atoms with Gasteiger partial charge in [0.05, 0.1) is 26.4 Å². The predicted molar refractivity (Wildman–Crippen MR) is 260 cm³/mol. The van der Waals surface area contributed by atoms with Gasteiger partial charge in [-0.2, -0.15) is 0 Å². The molecule has 0 radical (unpaired) electrons. The number of unbranched alkanes of at least 4 members (excludes halogenated alkanes) is 18. The summed E-state index contributed by atoms with van der Waals surface area (Å²) in [5.41, 5.74) is 2.00. The Labute approximate surface area is 366 Å². The molecule has 0 bridgehead atoms. The maximum Gasteiger partial charge on any atom is 0.161 e. The second kappa shape index (κ2) is 29.3. The molecule has 0 aliphatic rings. The number of hydrogen-bond acceptors (Lipinski definition) is 4. The van der Waals surface area contributed by atoms with Gasteiger partial charge in [0.1, 0.15) is 0 Å². The molecule has 0 unspecified atom stereocenters. The minimum Gasteiger partial charge on any atom is -0.490 e. The lowest BCUT2D eigenvalue weighted by Gasteiger charge is -2.19. The number of benzene rings is 4. The van der Waals surface area contributed by atoms with Crippen LogP contribution in [0.25, 0.3) is 32.3 Å². The number of fused-ring (bicyclic) bond motifs is 6. The summed E-state index contributed by atoms with van der Waals surface area (Å²) in [4.78, 5) is 0. The van der Waals surface area contributed by atoms with Crippen molar-refractivity contribution >= 4 is 32.3 Å². The zero-order valence-electron chi connectivity index (χ0n) is 38.9. The molecule has 0 aliphatic heterocycles. The summed E-state index contributed by atoms with van der Waals surface area (Å²) in [6.07, 6.45) is 27.2. The molecule has 60 heavy (non-hydrogen) atoms. The third-order valence-corrected chi connectivity index (χ3v) is 11.5. The lowest BCUT2D eigenvalue weighted by Crippen LogP contribution is -2.04. The van der Waals surface area contributed by atoms with E-state index in [2.05, 4.69) is 102 Å². The Kier molecular flexibility index (Phi) is 23.7. The average molecular weight is 817 g/mol. The quantitative estimate of drug-likeness (QED) is 0.0298. The van der Waals surface area contributed by atoms with Gasteiger partial charge >= 0.3 is 0 Å². The van der Waals surface area contributed by atoms with Crippen LogP contribution in [0, 0.1) is 23.7 Å². The molecule has 0 spiro atoms. The van der Waals surface area contributed by atoms with Gasteiger partial charge in [-0.1, -0.05) is 168 Å². The summed E-state index contributed by atoms with van der Waals surface area (Å²) < 4.78 is 26.6. The molecule has 0 saturated heterocycles. The molecule has 328 valence electrons. The van der Waals surface area contributed by atoms with Crippen LogP contribution in [0.1, 0.15) is 207 Å². The molecule has 0 saturated carbocycles. The third kappa shape index (κ3) is 15.8. The van der Waals surface area contributed by atoms with Gasteiger partial charge in [0.2, 0.25) is 0 Å². The fraction of sp³-hybridized carbons (Fsp3) is 0.607. The summed E-state index contributed by atoms with van der Waals surface area (Å²) in [5.74, 6) is 17.5. The fourth-order valence-corrected chi connectivity index (χ4v) is 7.80. The van der Waals surface area contributed by atoms with Crippen LogP contribution < -0.4 is 18.9 Å². The SMILES string of the molecule is CCCCCC#Cc1cc2c(cc1C#CCCCCC)c1cc(OCCCCCC)c(OCCCCCC)cc1c1cc(OCCCCCC)c(OCCCCCC)cc21. The highest BCUT2D eigenvalue weighted by Gasteiger charge is 2.19. The third-order valence-electron chi connectivity index (χ3n) is 11.5. The van der Waals surface area contributed by atoms with Crippen LogP contribution in [0.3, 0.4) is 0 Å². The van der Waals surface area contributed by atoms with Crippen LogP contribution in [0.5, 0.6) is 23.0 Å². The lowest BCUT2D eigenvalue weighted by atomic mass is 9.90. The van der Waals surface area contributed by atoms with Gasteiger partial charge < -0.3 is 18.9 Å². The smallest absolute Gasteiger partial charge is 0.161 e. The highest BCUT2D eigenvalue weighted by Crippen LogP contribution is 2.45. The van der Waals surface area contributed by atoms with Gasteiger partial charge in [-0.3, -0.25) is 0 Å². The highest BCUT2D eigenvalue weighted by atomic mass is 16.5. The van der Waals surface area contributed by atoms with Gasteiger partial charge in [0.15, 0.2) is 23.0 Å². The maximum atomic E-state index is 6.65. The van der Waals surface area contributed by atoms with E-state index in [1.807, 2.05) is 0 Å². The normalized spacial score (nSPS) is 11.1. The summed E-state index contributed by atoms with van der Waals surface area (Å²) in [6, 6.07) is 13.6. The molecule has 4 nitrogen and oxygen atoms in total. The van der Waals surface area contributed by atoms with E-state index < -0.39 is 0 Å². The van der Waals surface area contributed by atoms with Gasteiger partial charge in [-0.05, 0) is 107 Å². The van der Waals surface area contributed by atoms with Crippen LogP contribution in [0.2, 0.25) is 0 Å². The van der Waals surface area contributed by atoms with E-state index >= 15 is 0 Å². The molecule has 4 aromatic rings. The van der Waals surface area contributed by atoms with Crippen LogP contribution in [0.15, 0.2) is 36.4 Å². The van der Waals surface area contributed by atoms with E-state index in [4.69, 9.17) is 18.9 Å². The Morgan fingerprint density at radius 3 is 0.817 bits per heavy atom. The van der Waals surface area contributed by atoms with Crippen molar-refractivity contribution in [2.75, 3.05) is 26.4 Å². The molecule has 0 atom stereocenters.